The molecule has 1 N–H and O–H groups in total. The Morgan fingerprint density at radius 1 is 1.36 bits per heavy atom. The molecule has 1 saturated heterocycles. The van der Waals surface area contributed by atoms with Crippen LogP contribution >= 0.6 is 11.5 Å². The molecule has 1 aromatic rings. The van der Waals surface area contributed by atoms with E-state index in [0.29, 0.717) is 12.6 Å². The van der Waals surface area contributed by atoms with E-state index in [1.807, 2.05) is 0 Å². The monoisotopic (exact) mass is 346 g/mol. The smallest absolute Gasteiger partial charge is 0.208 e. The summed E-state index contributed by atoms with van der Waals surface area (Å²) in [6, 6.07) is 0.337. The topological polar surface area (TPSA) is 75.2 Å². The molecule has 0 aliphatic carbocycles. The Balaban J connectivity index is 2.04. The minimum atomic E-state index is -3.12. The number of sulfonamides is 1. The van der Waals surface area contributed by atoms with Crippen molar-refractivity contribution in [1.82, 2.24) is 14.1 Å². The van der Waals surface area contributed by atoms with Crippen molar-refractivity contribution >= 4 is 26.7 Å². The summed E-state index contributed by atoms with van der Waals surface area (Å²) in [5.74, 6) is 0.881. The van der Waals surface area contributed by atoms with Gasteiger partial charge in [0.25, 0.3) is 0 Å². The highest BCUT2D eigenvalue weighted by Gasteiger charge is 2.27. The lowest BCUT2D eigenvalue weighted by Crippen LogP contribution is -2.41. The van der Waals surface area contributed by atoms with Crippen LogP contribution in [0, 0.1) is 0 Å². The summed E-state index contributed by atoms with van der Waals surface area (Å²) in [5.41, 5.74) is -0.0438. The van der Waals surface area contributed by atoms with E-state index in [1.54, 1.807) is 0 Å². The molecular formula is C14H26N4O2S2. The Kier molecular flexibility index (Phi) is 5.45. The molecule has 1 aromatic heterocycles. The molecule has 8 heteroatoms. The van der Waals surface area contributed by atoms with Crippen LogP contribution in [0.5, 0.6) is 0 Å². The number of piperidine rings is 1. The molecule has 2 heterocycles. The van der Waals surface area contributed by atoms with Gasteiger partial charge in [-0.2, -0.15) is 4.37 Å². The highest BCUT2D eigenvalue weighted by atomic mass is 32.2. The van der Waals surface area contributed by atoms with Gasteiger partial charge < -0.3 is 4.90 Å². The zero-order valence-electron chi connectivity index (χ0n) is 13.8. The van der Waals surface area contributed by atoms with Gasteiger partial charge in [-0.15, -0.1) is 0 Å². The molecule has 1 fully saturated rings. The maximum absolute atomic E-state index is 11.2. The van der Waals surface area contributed by atoms with Crippen LogP contribution in [0.15, 0.2) is 0 Å². The molecule has 1 aliphatic heterocycles. The maximum Gasteiger partial charge on any atom is 0.208 e. The molecule has 0 spiro atoms. The van der Waals surface area contributed by atoms with Gasteiger partial charge in [0.15, 0.2) is 0 Å². The lowest BCUT2D eigenvalue weighted by molar-refractivity contribution is 0.435. The van der Waals surface area contributed by atoms with Gasteiger partial charge in [-0.05, 0) is 25.7 Å². The predicted octanol–water partition coefficient (Wildman–Crippen LogP) is 2.13. The fourth-order valence-corrected chi connectivity index (χ4v) is 4.04. The van der Waals surface area contributed by atoms with Crippen molar-refractivity contribution < 1.29 is 8.42 Å². The highest BCUT2D eigenvalue weighted by Crippen LogP contribution is 2.30. The lowest BCUT2D eigenvalue weighted by atomic mass is 9.96. The van der Waals surface area contributed by atoms with Crippen LogP contribution in [0.2, 0.25) is 0 Å². The summed E-state index contributed by atoms with van der Waals surface area (Å²) < 4.78 is 29.5. The molecule has 2 rings (SSSR count). The second-order valence-corrected chi connectivity index (χ2v) is 9.51. The second kappa shape index (κ2) is 6.80. The molecule has 22 heavy (non-hydrogen) atoms. The first-order valence-corrected chi connectivity index (χ1v) is 10.4. The molecule has 0 aromatic carbocycles. The molecule has 0 amide bonds. The van der Waals surface area contributed by atoms with Gasteiger partial charge in [0, 0.05) is 36.1 Å². The first kappa shape index (κ1) is 17.6. The van der Waals surface area contributed by atoms with E-state index < -0.39 is 10.0 Å². The summed E-state index contributed by atoms with van der Waals surface area (Å²) in [5, 5.41) is 0.967. The Labute approximate surface area is 137 Å². The summed E-state index contributed by atoms with van der Waals surface area (Å²) in [6.07, 6.45) is 5.42. The lowest BCUT2D eigenvalue weighted by Gasteiger charge is -2.35. The summed E-state index contributed by atoms with van der Waals surface area (Å²) >= 11 is 1.45. The normalized spacial score (nSPS) is 20.4. The standard InChI is InChI=1S/C14H26N4O2S2/c1-14(2,3)12-16-13(21-17-12)18-10-6-5-7-11(18)8-9-15-22(4,19)20/h11,15H,5-10H2,1-4H3. The minimum absolute atomic E-state index is 0.0438. The number of anilines is 1. The predicted molar refractivity (Wildman–Crippen MR) is 91.1 cm³/mol. The van der Waals surface area contributed by atoms with Gasteiger partial charge in [-0.3, -0.25) is 0 Å². The van der Waals surface area contributed by atoms with E-state index in [4.69, 9.17) is 4.98 Å². The van der Waals surface area contributed by atoms with Crippen molar-refractivity contribution in [3.8, 4) is 0 Å². The molecular weight excluding hydrogens is 320 g/mol. The van der Waals surface area contributed by atoms with Crippen LogP contribution in [0.25, 0.3) is 0 Å². The van der Waals surface area contributed by atoms with Gasteiger partial charge in [0.1, 0.15) is 5.82 Å². The van der Waals surface area contributed by atoms with Gasteiger partial charge in [0.2, 0.25) is 15.2 Å². The van der Waals surface area contributed by atoms with Crippen LogP contribution < -0.4 is 9.62 Å². The third-order valence-corrected chi connectivity index (χ3v) is 5.28. The summed E-state index contributed by atoms with van der Waals surface area (Å²) in [6.45, 7) is 7.79. The first-order valence-electron chi connectivity index (χ1n) is 7.72. The molecule has 0 saturated carbocycles. The Bertz CT molecular complexity index is 592. The van der Waals surface area contributed by atoms with Crippen LogP contribution in [-0.4, -0.2) is 43.2 Å². The molecule has 1 atom stereocenters. The third-order valence-electron chi connectivity index (χ3n) is 3.80. The van der Waals surface area contributed by atoms with Crippen LogP contribution in [0.4, 0.5) is 5.13 Å². The average molecular weight is 347 g/mol. The van der Waals surface area contributed by atoms with Gasteiger partial charge in [-0.1, -0.05) is 20.8 Å². The van der Waals surface area contributed by atoms with E-state index in [1.165, 1.54) is 24.2 Å². The van der Waals surface area contributed by atoms with Crippen molar-refractivity contribution in [1.29, 1.82) is 0 Å². The molecule has 1 aliphatic rings. The number of hydrogen-bond acceptors (Lipinski definition) is 6. The van der Waals surface area contributed by atoms with E-state index in [9.17, 15) is 8.42 Å². The molecule has 6 nitrogen and oxygen atoms in total. The average Bonchev–Trinajstić information content (AvgIpc) is 2.87. The third kappa shape index (κ3) is 4.89. The van der Waals surface area contributed by atoms with Crippen molar-refractivity contribution in [3.63, 3.8) is 0 Å². The quantitative estimate of drug-likeness (QED) is 0.884. The van der Waals surface area contributed by atoms with Crippen molar-refractivity contribution in [2.24, 2.45) is 0 Å². The molecule has 126 valence electrons. The van der Waals surface area contributed by atoms with E-state index >= 15 is 0 Å². The second-order valence-electron chi connectivity index (χ2n) is 6.95. The number of nitrogens with one attached hydrogen (secondary N) is 1. The van der Waals surface area contributed by atoms with Crippen molar-refractivity contribution in [2.75, 3.05) is 24.2 Å². The number of aromatic nitrogens is 2. The van der Waals surface area contributed by atoms with Crippen molar-refractivity contribution in [3.05, 3.63) is 5.82 Å². The summed E-state index contributed by atoms with van der Waals surface area (Å²) in [4.78, 5) is 7.01. The Morgan fingerprint density at radius 3 is 2.68 bits per heavy atom. The largest absolute Gasteiger partial charge is 0.344 e. The van der Waals surface area contributed by atoms with Crippen LogP contribution in [-0.2, 0) is 15.4 Å². The first-order chi connectivity index (χ1) is 10.2. The Hall–Kier alpha value is -0.730. The molecule has 0 bridgehead atoms. The summed E-state index contributed by atoms with van der Waals surface area (Å²) in [7, 11) is -3.12. The minimum Gasteiger partial charge on any atom is -0.344 e. The number of nitrogens with zero attached hydrogens (tertiary/aromatic N) is 3. The number of hydrogen-bond donors (Lipinski definition) is 1. The van der Waals surface area contributed by atoms with Gasteiger partial charge in [-0.25, -0.2) is 18.1 Å². The van der Waals surface area contributed by atoms with Crippen molar-refractivity contribution in [2.45, 2.75) is 57.9 Å². The Morgan fingerprint density at radius 2 is 2.09 bits per heavy atom. The van der Waals surface area contributed by atoms with E-state index in [2.05, 4.69) is 34.8 Å². The van der Waals surface area contributed by atoms with Gasteiger partial charge in [0.05, 0.1) is 6.26 Å². The van der Waals surface area contributed by atoms with E-state index in [0.717, 1.165) is 36.8 Å². The van der Waals surface area contributed by atoms with Crippen LogP contribution in [0.3, 0.4) is 0 Å². The SMILES string of the molecule is CC(C)(C)c1nsc(N2CCCCC2CCNS(C)(=O)=O)n1. The fraction of sp³-hybridized carbons (Fsp3) is 0.857. The molecule has 0 radical (unpaired) electrons. The maximum atomic E-state index is 11.2. The fourth-order valence-electron chi connectivity index (χ4n) is 2.60. The zero-order chi connectivity index (χ0) is 16.4. The van der Waals surface area contributed by atoms with E-state index in [-0.39, 0.29) is 5.41 Å². The highest BCUT2D eigenvalue weighted by molar-refractivity contribution is 7.88. The number of rotatable bonds is 5. The molecule has 1 unspecified atom stereocenters. The zero-order valence-corrected chi connectivity index (χ0v) is 15.4. The van der Waals surface area contributed by atoms with Gasteiger partial charge >= 0.3 is 0 Å². The van der Waals surface area contributed by atoms with Crippen LogP contribution in [0.1, 0.15) is 52.3 Å².